The standard InChI is InChI=1S/C20H21N3O2/c24-18(15-4-2-1-3-5-15)20(9-10-20)13-22-19(25)23-16-7-6-14-8-11-21-17(14)12-16/h1-8,11-12,18,21,24H,9-10,13H2,(H2,22,23,25)/t18-/m1/s1. The lowest BCUT2D eigenvalue weighted by Gasteiger charge is -2.23. The van der Waals surface area contributed by atoms with Gasteiger partial charge in [-0.2, -0.15) is 0 Å². The van der Waals surface area contributed by atoms with Gasteiger partial charge in [-0.05, 0) is 42.0 Å². The predicted molar refractivity (Wildman–Crippen MR) is 98.4 cm³/mol. The third-order valence-corrected chi connectivity index (χ3v) is 5.00. The summed E-state index contributed by atoms with van der Waals surface area (Å²) >= 11 is 0. The average molecular weight is 335 g/mol. The molecule has 128 valence electrons. The number of fused-ring (bicyclic) bond motifs is 1. The molecule has 1 aliphatic rings. The van der Waals surface area contributed by atoms with Gasteiger partial charge >= 0.3 is 6.03 Å². The summed E-state index contributed by atoms with van der Waals surface area (Å²) in [7, 11) is 0. The number of urea groups is 1. The predicted octanol–water partition coefficient (Wildman–Crippen LogP) is 3.80. The van der Waals surface area contributed by atoms with E-state index in [-0.39, 0.29) is 11.4 Å². The van der Waals surface area contributed by atoms with E-state index in [0.29, 0.717) is 6.54 Å². The smallest absolute Gasteiger partial charge is 0.319 e. The molecule has 4 N–H and O–H groups in total. The van der Waals surface area contributed by atoms with Crippen LogP contribution in [0.25, 0.3) is 10.9 Å². The molecular weight excluding hydrogens is 314 g/mol. The van der Waals surface area contributed by atoms with Gasteiger partial charge in [0.2, 0.25) is 0 Å². The fraction of sp³-hybridized carbons (Fsp3) is 0.250. The zero-order chi connectivity index (χ0) is 17.3. The first-order chi connectivity index (χ1) is 12.2. The summed E-state index contributed by atoms with van der Waals surface area (Å²) in [6.45, 7) is 0.458. The number of amides is 2. The molecule has 0 saturated heterocycles. The van der Waals surface area contributed by atoms with Gasteiger partial charge in [-0.25, -0.2) is 4.79 Å². The lowest BCUT2D eigenvalue weighted by atomic mass is 9.93. The second kappa shape index (κ2) is 6.26. The van der Waals surface area contributed by atoms with E-state index in [1.807, 2.05) is 60.8 Å². The second-order valence-corrected chi connectivity index (χ2v) is 6.76. The molecule has 1 aliphatic carbocycles. The first-order valence-corrected chi connectivity index (χ1v) is 8.51. The van der Waals surface area contributed by atoms with Crippen LogP contribution in [0.3, 0.4) is 0 Å². The summed E-state index contributed by atoms with van der Waals surface area (Å²) < 4.78 is 0. The van der Waals surface area contributed by atoms with Crippen LogP contribution in [-0.2, 0) is 0 Å². The SMILES string of the molecule is O=C(NCC1([C@H](O)c2ccccc2)CC1)Nc1ccc2cc[nH]c2c1. The number of aliphatic hydroxyl groups excluding tert-OH is 1. The summed E-state index contributed by atoms with van der Waals surface area (Å²) in [6, 6.07) is 17.1. The number of H-pyrrole nitrogens is 1. The van der Waals surface area contributed by atoms with Crippen LogP contribution in [0.1, 0.15) is 24.5 Å². The van der Waals surface area contributed by atoms with Crippen molar-refractivity contribution in [3.63, 3.8) is 0 Å². The number of aliphatic hydroxyl groups is 1. The van der Waals surface area contributed by atoms with Crippen LogP contribution in [0.4, 0.5) is 10.5 Å². The average Bonchev–Trinajstić information content (AvgIpc) is 3.29. The first kappa shape index (κ1) is 15.7. The number of rotatable bonds is 5. The number of benzene rings is 2. The molecule has 0 unspecified atom stereocenters. The van der Waals surface area contributed by atoms with Gasteiger partial charge in [0.1, 0.15) is 0 Å². The van der Waals surface area contributed by atoms with E-state index in [0.717, 1.165) is 35.0 Å². The van der Waals surface area contributed by atoms with Crippen molar-refractivity contribution in [3.8, 4) is 0 Å². The Morgan fingerprint density at radius 2 is 1.96 bits per heavy atom. The minimum Gasteiger partial charge on any atom is -0.388 e. The number of carbonyl (C=O) groups excluding carboxylic acids is 1. The Hall–Kier alpha value is -2.79. The maximum absolute atomic E-state index is 12.2. The Kier molecular flexibility index (Phi) is 3.93. The normalized spacial score (nSPS) is 16.4. The molecule has 1 aromatic heterocycles. The lowest BCUT2D eigenvalue weighted by Crippen LogP contribution is -2.36. The van der Waals surface area contributed by atoms with Crippen LogP contribution in [0.5, 0.6) is 0 Å². The molecule has 1 fully saturated rings. The first-order valence-electron chi connectivity index (χ1n) is 8.51. The summed E-state index contributed by atoms with van der Waals surface area (Å²) in [5.41, 5.74) is 2.37. The second-order valence-electron chi connectivity index (χ2n) is 6.76. The number of hydrogen-bond acceptors (Lipinski definition) is 2. The molecule has 0 spiro atoms. The topological polar surface area (TPSA) is 77.2 Å². The molecule has 4 rings (SSSR count). The Morgan fingerprint density at radius 3 is 2.72 bits per heavy atom. The zero-order valence-corrected chi connectivity index (χ0v) is 13.8. The van der Waals surface area contributed by atoms with Crippen molar-refractivity contribution in [3.05, 3.63) is 66.4 Å². The summed E-state index contributed by atoms with van der Waals surface area (Å²) in [6.07, 6.45) is 3.15. The fourth-order valence-corrected chi connectivity index (χ4v) is 3.25. The van der Waals surface area contributed by atoms with Crippen molar-refractivity contribution in [2.24, 2.45) is 5.41 Å². The van der Waals surface area contributed by atoms with Gasteiger partial charge in [-0.15, -0.1) is 0 Å². The molecule has 3 aromatic rings. The van der Waals surface area contributed by atoms with Crippen molar-refractivity contribution in [2.45, 2.75) is 18.9 Å². The zero-order valence-electron chi connectivity index (χ0n) is 13.8. The minimum atomic E-state index is -0.552. The third kappa shape index (κ3) is 3.23. The van der Waals surface area contributed by atoms with Gasteiger partial charge in [0.05, 0.1) is 6.10 Å². The third-order valence-electron chi connectivity index (χ3n) is 5.00. The van der Waals surface area contributed by atoms with Gasteiger partial charge in [-0.3, -0.25) is 0 Å². The number of carbonyl (C=O) groups is 1. The Balaban J connectivity index is 1.36. The van der Waals surface area contributed by atoms with Crippen LogP contribution in [0, 0.1) is 5.41 Å². The fourth-order valence-electron chi connectivity index (χ4n) is 3.25. The Labute approximate surface area is 146 Å². The maximum Gasteiger partial charge on any atom is 0.319 e. The molecule has 5 nitrogen and oxygen atoms in total. The van der Waals surface area contributed by atoms with Gasteiger partial charge in [0, 0.05) is 29.4 Å². The number of hydrogen-bond donors (Lipinski definition) is 4. The van der Waals surface area contributed by atoms with Crippen molar-refractivity contribution in [1.29, 1.82) is 0 Å². The number of nitrogens with one attached hydrogen (secondary N) is 3. The van der Waals surface area contributed by atoms with E-state index in [1.165, 1.54) is 0 Å². The van der Waals surface area contributed by atoms with Crippen molar-refractivity contribution < 1.29 is 9.90 Å². The number of anilines is 1. The number of aromatic nitrogens is 1. The molecule has 1 saturated carbocycles. The van der Waals surface area contributed by atoms with Gasteiger partial charge < -0.3 is 20.7 Å². The minimum absolute atomic E-state index is 0.248. The van der Waals surface area contributed by atoms with Gasteiger partial charge in [-0.1, -0.05) is 36.4 Å². The van der Waals surface area contributed by atoms with Crippen molar-refractivity contribution in [2.75, 3.05) is 11.9 Å². The summed E-state index contributed by atoms with van der Waals surface area (Å²) in [5, 5.41) is 17.5. The molecule has 25 heavy (non-hydrogen) atoms. The highest BCUT2D eigenvalue weighted by Crippen LogP contribution is 2.54. The van der Waals surface area contributed by atoms with Crippen molar-refractivity contribution in [1.82, 2.24) is 10.3 Å². The summed E-state index contributed by atoms with van der Waals surface area (Å²) in [4.78, 5) is 15.3. The van der Waals surface area contributed by atoms with E-state index in [2.05, 4.69) is 15.6 Å². The molecule has 1 atom stereocenters. The van der Waals surface area contributed by atoms with E-state index in [1.54, 1.807) is 0 Å². The van der Waals surface area contributed by atoms with Crippen LogP contribution in [-0.4, -0.2) is 22.7 Å². The molecule has 2 aromatic carbocycles. The summed E-state index contributed by atoms with van der Waals surface area (Å²) in [5.74, 6) is 0. The Bertz CT molecular complexity index is 884. The highest BCUT2D eigenvalue weighted by Gasteiger charge is 2.49. The lowest BCUT2D eigenvalue weighted by molar-refractivity contribution is 0.0936. The molecular formula is C20H21N3O2. The molecule has 0 aliphatic heterocycles. The van der Waals surface area contributed by atoms with E-state index >= 15 is 0 Å². The number of aromatic amines is 1. The van der Waals surface area contributed by atoms with E-state index in [4.69, 9.17) is 0 Å². The van der Waals surface area contributed by atoms with Crippen LogP contribution >= 0.6 is 0 Å². The van der Waals surface area contributed by atoms with E-state index in [9.17, 15) is 9.90 Å². The maximum atomic E-state index is 12.2. The monoisotopic (exact) mass is 335 g/mol. The van der Waals surface area contributed by atoms with Crippen LogP contribution in [0.2, 0.25) is 0 Å². The molecule has 1 heterocycles. The quantitative estimate of drug-likeness (QED) is 0.572. The van der Waals surface area contributed by atoms with Gasteiger partial charge in [0.25, 0.3) is 0 Å². The van der Waals surface area contributed by atoms with E-state index < -0.39 is 6.10 Å². The molecule has 2 amide bonds. The molecule has 0 bridgehead atoms. The highest BCUT2D eigenvalue weighted by molar-refractivity contribution is 5.92. The Morgan fingerprint density at radius 1 is 1.16 bits per heavy atom. The largest absolute Gasteiger partial charge is 0.388 e. The molecule has 0 radical (unpaired) electrons. The molecule has 5 heteroatoms. The highest BCUT2D eigenvalue weighted by atomic mass is 16.3. The van der Waals surface area contributed by atoms with Crippen LogP contribution < -0.4 is 10.6 Å². The van der Waals surface area contributed by atoms with Crippen LogP contribution in [0.15, 0.2) is 60.8 Å². The van der Waals surface area contributed by atoms with Gasteiger partial charge in [0.15, 0.2) is 0 Å². The van der Waals surface area contributed by atoms with Crippen molar-refractivity contribution >= 4 is 22.6 Å².